The summed E-state index contributed by atoms with van der Waals surface area (Å²) >= 11 is 0. The van der Waals surface area contributed by atoms with Crippen molar-refractivity contribution >= 4 is 12.0 Å². The second-order valence-corrected chi connectivity index (χ2v) is 6.71. The molecule has 2 aromatic rings. The van der Waals surface area contributed by atoms with Crippen LogP contribution in [0.15, 0.2) is 24.5 Å². The highest BCUT2D eigenvalue weighted by molar-refractivity contribution is 5.77. The molecular formula is C16H22N8O. The molecule has 2 aromatic heterocycles. The molecule has 0 aromatic carbocycles. The Bertz CT molecular complexity index is 822. The van der Waals surface area contributed by atoms with Crippen LogP contribution in [0.25, 0.3) is 11.6 Å². The zero-order chi connectivity index (χ0) is 17.6. The topological polar surface area (TPSA) is 84.1 Å². The maximum atomic E-state index is 11.8. The number of fused-ring (bicyclic) bond motifs is 1. The van der Waals surface area contributed by atoms with E-state index in [4.69, 9.17) is 0 Å². The van der Waals surface area contributed by atoms with Gasteiger partial charge in [0.1, 0.15) is 0 Å². The van der Waals surface area contributed by atoms with Gasteiger partial charge in [0.15, 0.2) is 5.82 Å². The summed E-state index contributed by atoms with van der Waals surface area (Å²) in [6.07, 6.45) is 3.65. The molecule has 9 nitrogen and oxygen atoms in total. The van der Waals surface area contributed by atoms with Crippen LogP contribution >= 0.6 is 0 Å². The van der Waals surface area contributed by atoms with Crippen molar-refractivity contribution in [3.8, 4) is 11.6 Å². The van der Waals surface area contributed by atoms with Crippen LogP contribution in [0.4, 0.5) is 10.7 Å². The summed E-state index contributed by atoms with van der Waals surface area (Å²) < 4.78 is 3.99. The van der Waals surface area contributed by atoms with Gasteiger partial charge in [-0.15, -0.1) is 10.2 Å². The van der Waals surface area contributed by atoms with Crippen molar-refractivity contribution in [2.24, 2.45) is 7.05 Å². The Kier molecular flexibility index (Phi) is 3.70. The van der Waals surface area contributed by atoms with Gasteiger partial charge in [-0.05, 0) is 6.92 Å². The van der Waals surface area contributed by atoms with Gasteiger partial charge in [-0.25, -0.2) is 9.78 Å². The number of imidazole rings is 1. The van der Waals surface area contributed by atoms with Crippen molar-refractivity contribution in [2.45, 2.75) is 19.5 Å². The molecule has 1 atom stereocenters. The maximum Gasteiger partial charge on any atom is 0.317 e. The van der Waals surface area contributed by atoms with Gasteiger partial charge in [-0.2, -0.15) is 0 Å². The van der Waals surface area contributed by atoms with E-state index in [0.717, 1.165) is 36.3 Å². The fourth-order valence-electron chi connectivity index (χ4n) is 3.48. The third-order valence-electron chi connectivity index (χ3n) is 4.70. The molecular weight excluding hydrogens is 320 g/mol. The van der Waals surface area contributed by atoms with Crippen LogP contribution in [0, 0.1) is 0 Å². The number of amides is 2. The summed E-state index contributed by atoms with van der Waals surface area (Å²) in [5.74, 6) is 2.31. The number of hydrogen-bond acceptors (Lipinski definition) is 5. The standard InChI is InChI=1S/C16H22N8O/c1-11(2)9-24-14(13-17-4-5-21(13)3)19-20-15(24)22-6-7-23-12(10-22)8-18-16(23)25/h4-5,12H,1,6-10H2,2-3H3,(H,18,25). The van der Waals surface area contributed by atoms with Gasteiger partial charge in [-0.1, -0.05) is 12.2 Å². The molecule has 2 fully saturated rings. The molecule has 0 saturated carbocycles. The second kappa shape index (κ2) is 5.91. The Morgan fingerprint density at radius 2 is 2.20 bits per heavy atom. The van der Waals surface area contributed by atoms with E-state index in [0.29, 0.717) is 19.6 Å². The van der Waals surface area contributed by atoms with Crippen LogP contribution in [-0.4, -0.2) is 67.5 Å². The number of aryl methyl sites for hydroxylation is 1. The smallest absolute Gasteiger partial charge is 0.317 e. The molecule has 0 spiro atoms. The molecule has 0 aliphatic carbocycles. The molecule has 2 aliphatic heterocycles. The molecule has 0 bridgehead atoms. The lowest BCUT2D eigenvalue weighted by Gasteiger charge is -2.36. The Balaban J connectivity index is 1.68. The first-order valence-corrected chi connectivity index (χ1v) is 8.39. The Morgan fingerprint density at radius 1 is 1.36 bits per heavy atom. The van der Waals surface area contributed by atoms with Gasteiger partial charge in [0.05, 0.1) is 6.04 Å². The largest absolute Gasteiger partial charge is 0.337 e. The molecule has 2 amide bonds. The van der Waals surface area contributed by atoms with Crippen LogP contribution in [0.3, 0.4) is 0 Å². The lowest BCUT2D eigenvalue weighted by molar-refractivity contribution is 0.197. The maximum absolute atomic E-state index is 11.8. The Morgan fingerprint density at radius 3 is 2.92 bits per heavy atom. The van der Waals surface area contributed by atoms with Gasteiger partial charge < -0.3 is 19.7 Å². The van der Waals surface area contributed by atoms with Gasteiger partial charge in [-0.3, -0.25) is 4.57 Å². The minimum atomic E-state index is 0.0294. The van der Waals surface area contributed by atoms with E-state index in [1.165, 1.54) is 0 Å². The van der Waals surface area contributed by atoms with Gasteiger partial charge >= 0.3 is 6.03 Å². The highest BCUT2D eigenvalue weighted by Gasteiger charge is 2.37. The molecule has 4 rings (SSSR count). The Labute approximate surface area is 145 Å². The highest BCUT2D eigenvalue weighted by atomic mass is 16.2. The molecule has 2 aliphatic rings. The third-order valence-corrected chi connectivity index (χ3v) is 4.70. The van der Waals surface area contributed by atoms with E-state index in [1.807, 2.05) is 29.6 Å². The van der Waals surface area contributed by atoms with Crippen LogP contribution in [0.5, 0.6) is 0 Å². The number of anilines is 1. The predicted octanol–water partition coefficient (Wildman–Crippen LogP) is 0.468. The molecule has 132 valence electrons. The lowest BCUT2D eigenvalue weighted by atomic mass is 10.2. The summed E-state index contributed by atoms with van der Waals surface area (Å²) in [5.41, 5.74) is 1.02. The van der Waals surface area contributed by atoms with Crippen LogP contribution in [-0.2, 0) is 13.6 Å². The number of nitrogens with one attached hydrogen (secondary N) is 1. The normalized spacial score (nSPS) is 19.9. The summed E-state index contributed by atoms with van der Waals surface area (Å²) in [6, 6.07) is 0.203. The lowest BCUT2D eigenvalue weighted by Crippen LogP contribution is -2.52. The average molecular weight is 342 g/mol. The number of piperazine rings is 1. The van der Waals surface area contributed by atoms with Crippen molar-refractivity contribution in [3.63, 3.8) is 0 Å². The first kappa shape index (κ1) is 15.7. The van der Waals surface area contributed by atoms with E-state index in [1.54, 1.807) is 6.20 Å². The SMILES string of the molecule is C=C(C)Cn1c(-c2nccn2C)nnc1N1CCN2C(=O)NCC2C1. The van der Waals surface area contributed by atoms with Crippen molar-refractivity contribution in [1.29, 1.82) is 0 Å². The number of aromatic nitrogens is 5. The van der Waals surface area contributed by atoms with E-state index in [9.17, 15) is 4.79 Å². The Hall–Kier alpha value is -2.84. The summed E-state index contributed by atoms with van der Waals surface area (Å²) in [7, 11) is 1.94. The van der Waals surface area contributed by atoms with Gasteiger partial charge in [0.25, 0.3) is 0 Å². The fraction of sp³-hybridized carbons (Fsp3) is 0.500. The van der Waals surface area contributed by atoms with Crippen LogP contribution in [0.2, 0.25) is 0 Å². The quantitative estimate of drug-likeness (QED) is 0.817. The monoisotopic (exact) mass is 342 g/mol. The number of rotatable bonds is 4. The zero-order valence-electron chi connectivity index (χ0n) is 14.5. The number of hydrogen-bond donors (Lipinski definition) is 1. The van der Waals surface area contributed by atoms with Crippen molar-refractivity contribution in [3.05, 3.63) is 24.5 Å². The van der Waals surface area contributed by atoms with Crippen molar-refractivity contribution < 1.29 is 4.79 Å². The summed E-state index contributed by atoms with van der Waals surface area (Å²) in [6.45, 7) is 9.50. The number of carbonyl (C=O) groups is 1. The molecule has 9 heteroatoms. The molecule has 1 unspecified atom stereocenters. The van der Waals surface area contributed by atoms with Gasteiger partial charge in [0.2, 0.25) is 11.8 Å². The van der Waals surface area contributed by atoms with Gasteiger partial charge in [0, 0.05) is 52.2 Å². The molecule has 25 heavy (non-hydrogen) atoms. The van der Waals surface area contributed by atoms with E-state index in [-0.39, 0.29) is 12.1 Å². The minimum Gasteiger partial charge on any atom is -0.337 e. The van der Waals surface area contributed by atoms with E-state index in [2.05, 4.69) is 36.5 Å². The predicted molar refractivity (Wildman–Crippen MR) is 93.1 cm³/mol. The molecule has 2 saturated heterocycles. The van der Waals surface area contributed by atoms with Crippen molar-refractivity contribution in [2.75, 3.05) is 31.1 Å². The molecule has 1 N–H and O–H groups in total. The van der Waals surface area contributed by atoms with E-state index >= 15 is 0 Å². The van der Waals surface area contributed by atoms with E-state index < -0.39 is 0 Å². The first-order chi connectivity index (χ1) is 12.0. The highest BCUT2D eigenvalue weighted by Crippen LogP contribution is 2.25. The number of nitrogens with zero attached hydrogens (tertiary/aromatic N) is 7. The third kappa shape index (κ3) is 2.65. The summed E-state index contributed by atoms with van der Waals surface area (Å²) in [5, 5.41) is 11.7. The van der Waals surface area contributed by atoms with Crippen LogP contribution < -0.4 is 10.2 Å². The first-order valence-electron chi connectivity index (χ1n) is 8.39. The average Bonchev–Trinajstić information content (AvgIpc) is 3.26. The minimum absolute atomic E-state index is 0.0294. The fourth-order valence-corrected chi connectivity index (χ4v) is 3.48. The van der Waals surface area contributed by atoms with Crippen molar-refractivity contribution in [1.82, 2.24) is 34.5 Å². The molecule has 4 heterocycles. The molecule has 0 radical (unpaired) electrons. The summed E-state index contributed by atoms with van der Waals surface area (Å²) in [4.78, 5) is 20.3. The number of carbonyl (C=O) groups excluding carboxylic acids is 1. The number of allylic oxidation sites excluding steroid dienone is 1. The number of urea groups is 1. The zero-order valence-corrected chi connectivity index (χ0v) is 14.5. The van der Waals surface area contributed by atoms with Crippen LogP contribution in [0.1, 0.15) is 6.92 Å². The second-order valence-electron chi connectivity index (χ2n) is 6.71.